The maximum Gasteiger partial charge on any atom is 0.265 e. The fraction of sp³-hybridized carbons (Fsp3) is 0.211. The van der Waals surface area contributed by atoms with E-state index >= 15 is 0 Å². The van der Waals surface area contributed by atoms with E-state index in [9.17, 15) is 9.18 Å². The Morgan fingerprint density at radius 1 is 1.11 bits per heavy atom. The first-order chi connectivity index (χ1) is 13.1. The van der Waals surface area contributed by atoms with Crippen molar-refractivity contribution in [1.82, 2.24) is 10.2 Å². The molecule has 1 atom stereocenters. The Balaban J connectivity index is 1.65. The summed E-state index contributed by atoms with van der Waals surface area (Å²) in [6, 6.07) is 13.8. The second-order valence-electron chi connectivity index (χ2n) is 5.63. The SMILES string of the molecule is COc1ccc(Cc2nnc(NC(=O)C(F)c3ccccc3)s2)cc1OC. The molecule has 0 aliphatic carbocycles. The molecule has 0 bridgehead atoms. The van der Waals surface area contributed by atoms with Gasteiger partial charge in [-0.25, -0.2) is 4.39 Å². The molecule has 8 heteroatoms. The summed E-state index contributed by atoms with van der Waals surface area (Å²) in [5.74, 6) is 0.493. The lowest BCUT2D eigenvalue weighted by Gasteiger charge is -2.08. The van der Waals surface area contributed by atoms with Gasteiger partial charge in [0.15, 0.2) is 11.5 Å². The number of amides is 1. The van der Waals surface area contributed by atoms with Crippen molar-refractivity contribution in [1.29, 1.82) is 0 Å². The highest BCUT2D eigenvalue weighted by Crippen LogP contribution is 2.29. The Morgan fingerprint density at radius 2 is 1.85 bits per heavy atom. The third kappa shape index (κ3) is 4.59. The van der Waals surface area contributed by atoms with E-state index < -0.39 is 12.1 Å². The van der Waals surface area contributed by atoms with Gasteiger partial charge in [-0.3, -0.25) is 10.1 Å². The molecule has 0 fully saturated rings. The number of alkyl halides is 1. The summed E-state index contributed by atoms with van der Waals surface area (Å²) in [4.78, 5) is 12.1. The van der Waals surface area contributed by atoms with E-state index in [1.165, 1.54) is 11.3 Å². The molecule has 3 rings (SSSR count). The first-order valence-electron chi connectivity index (χ1n) is 8.14. The smallest absolute Gasteiger partial charge is 0.265 e. The van der Waals surface area contributed by atoms with Gasteiger partial charge >= 0.3 is 0 Å². The number of benzene rings is 2. The average molecular weight is 387 g/mol. The van der Waals surface area contributed by atoms with Crippen molar-refractivity contribution in [3.05, 3.63) is 64.7 Å². The van der Waals surface area contributed by atoms with Crippen LogP contribution in [0.2, 0.25) is 0 Å². The number of nitrogens with one attached hydrogen (secondary N) is 1. The molecule has 1 heterocycles. The first-order valence-corrected chi connectivity index (χ1v) is 8.95. The molecule has 0 aliphatic heterocycles. The number of carbonyl (C=O) groups excluding carboxylic acids is 1. The van der Waals surface area contributed by atoms with Gasteiger partial charge in [0.05, 0.1) is 14.2 Å². The molecule has 0 aliphatic rings. The van der Waals surface area contributed by atoms with Gasteiger partial charge in [0, 0.05) is 6.42 Å². The van der Waals surface area contributed by atoms with Crippen molar-refractivity contribution in [3.8, 4) is 11.5 Å². The van der Waals surface area contributed by atoms with Gasteiger partial charge < -0.3 is 9.47 Å². The molecule has 0 saturated heterocycles. The molecule has 1 N–H and O–H groups in total. The van der Waals surface area contributed by atoms with Crippen LogP contribution >= 0.6 is 11.3 Å². The summed E-state index contributed by atoms with van der Waals surface area (Å²) in [5.41, 5.74) is 1.25. The van der Waals surface area contributed by atoms with E-state index in [1.54, 1.807) is 44.6 Å². The first kappa shape index (κ1) is 18.8. The second kappa shape index (κ2) is 8.59. The van der Waals surface area contributed by atoms with Gasteiger partial charge in [-0.15, -0.1) is 10.2 Å². The number of hydrogen-bond acceptors (Lipinski definition) is 6. The Kier molecular flexibility index (Phi) is 5.97. The van der Waals surface area contributed by atoms with Gasteiger partial charge in [-0.2, -0.15) is 0 Å². The number of methoxy groups -OCH3 is 2. The van der Waals surface area contributed by atoms with Crippen LogP contribution in [-0.4, -0.2) is 30.3 Å². The van der Waals surface area contributed by atoms with Crippen molar-refractivity contribution in [2.45, 2.75) is 12.6 Å². The van der Waals surface area contributed by atoms with Crippen LogP contribution < -0.4 is 14.8 Å². The van der Waals surface area contributed by atoms with Crippen LogP contribution in [0.1, 0.15) is 22.3 Å². The van der Waals surface area contributed by atoms with E-state index in [2.05, 4.69) is 15.5 Å². The van der Waals surface area contributed by atoms with Crippen molar-refractivity contribution < 1.29 is 18.7 Å². The second-order valence-corrected chi connectivity index (χ2v) is 6.69. The zero-order valence-corrected chi connectivity index (χ0v) is 15.6. The molecular weight excluding hydrogens is 369 g/mol. The summed E-state index contributed by atoms with van der Waals surface area (Å²) >= 11 is 1.20. The van der Waals surface area contributed by atoms with Crippen LogP contribution in [-0.2, 0) is 11.2 Å². The van der Waals surface area contributed by atoms with Gasteiger partial charge in [0.1, 0.15) is 5.01 Å². The standard InChI is InChI=1S/C19H18FN3O3S/c1-25-14-9-8-12(10-15(14)26-2)11-16-22-23-19(27-16)21-18(24)17(20)13-6-4-3-5-7-13/h3-10,17H,11H2,1-2H3,(H,21,23,24). The van der Waals surface area contributed by atoms with E-state index in [4.69, 9.17) is 9.47 Å². The number of nitrogens with zero attached hydrogens (tertiary/aromatic N) is 2. The third-order valence-electron chi connectivity index (χ3n) is 3.82. The Labute approximate surface area is 160 Å². The fourth-order valence-electron chi connectivity index (χ4n) is 2.48. The van der Waals surface area contributed by atoms with Crippen molar-refractivity contribution in [2.75, 3.05) is 19.5 Å². The molecule has 27 heavy (non-hydrogen) atoms. The Bertz CT molecular complexity index is 918. The molecule has 1 amide bonds. The quantitative estimate of drug-likeness (QED) is 0.668. The summed E-state index contributed by atoms with van der Waals surface area (Å²) in [6.07, 6.45) is -1.25. The minimum atomic E-state index is -1.76. The van der Waals surface area contributed by atoms with Gasteiger partial charge in [-0.1, -0.05) is 47.7 Å². The Hall–Kier alpha value is -3.00. The lowest BCUT2D eigenvalue weighted by Crippen LogP contribution is -2.17. The van der Waals surface area contributed by atoms with Crippen LogP contribution in [0.5, 0.6) is 11.5 Å². The van der Waals surface area contributed by atoms with Crippen LogP contribution in [0, 0.1) is 0 Å². The normalized spacial score (nSPS) is 11.7. The highest BCUT2D eigenvalue weighted by Gasteiger charge is 2.21. The molecule has 0 saturated carbocycles. The van der Waals surface area contributed by atoms with Gasteiger partial charge in [-0.05, 0) is 23.3 Å². The van der Waals surface area contributed by atoms with E-state index in [1.807, 2.05) is 18.2 Å². The molecule has 0 radical (unpaired) electrons. The molecule has 0 spiro atoms. The summed E-state index contributed by atoms with van der Waals surface area (Å²) in [5, 5.41) is 11.4. The Morgan fingerprint density at radius 3 is 2.56 bits per heavy atom. The number of hydrogen-bond donors (Lipinski definition) is 1. The third-order valence-corrected chi connectivity index (χ3v) is 4.66. The van der Waals surface area contributed by atoms with E-state index in [0.717, 1.165) is 5.56 Å². The van der Waals surface area contributed by atoms with Crippen LogP contribution in [0.15, 0.2) is 48.5 Å². The minimum Gasteiger partial charge on any atom is -0.493 e. The molecular formula is C19H18FN3O3S. The molecule has 1 unspecified atom stereocenters. The zero-order valence-electron chi connectivity index (χ0n) is 14.8. The zero-order chi connectivity index (χ0) is 19.2. The topological polar surface area (TPSA) is 73.3 Å². The predicted octanol–water partition coefficient (Wildman–Crippen LogP) is 3.80. The van der Waals surface area contributed by atoms with Gasteiger partial charge in [0.2, 0.25) is 11.3 Å². The molecule has 1 aromatic heterocycles. The van der Waals surface area contributed by atoms with Crippen LogP contribution in [0.3, 0.4) is 0 Å². The molecule has 6 nitrogen and oxygen atoms in total. The molecule has 2 aromatic carbocycles. The number of ether oxygens (including phenoxy) is 2. The number of carbonyl (C=O) groups is 1. The predicted molar refractivity (Wildman–Crippen MR) is 101 cm³/mol. The fourth-order valence-corrected chi connectivity index (χ4v) is 3.26. The monoisotopic (exact) mass is 387 g/mol. The highest BCUT2D eigenvalue weighted by atomic mass is 32.1. The lowest BCUT2D eigenvalue weighted by atomic mass is 10.1. The number of aromatic nitrogens is 2. The molecule has 3 aromatic rings. The van der Waals surface area contributed by atoms with E-state index in [0.29, 0.717) is 28.5 Å². The highest BCUT2D eigenvalue weighted by molar-refractivity contribution is 7.15. The number of rotatable bonds is 7. The molecule has 140 valence electrons. The van der Waals surface area contributed by atoms with Gasteiger partial charge in [0.25, 0.3) is 5.91 Å². The average Bonchev–Trinajstić information content (AvgIpc) is 3.14. The minimum absolute atomic E-state index is 0.258. The van der Waals surface area contributed by atoms with Crippen LogP contribution in [0.4, 0.5) is 9.52 Å². The van der Waals surface area contributed by atoms with Crippen molar-refractivity contribution >= 4 is 22.4 Å². The maximum absolute atomic E-state index is 14.2. The van der Waals surface area contributed by atoms with Crippen molar-refractivity contribution in [2.24, 2.45) is 0 Å². The lowest BCUT2D eigenvalue weighted by molar-refractivity contribution is -0.121. The summed E-state index contributed by atoms with van der Waals surface area (Å²) in [6.45, 7) is 0. The van der Waals surface area contributed by atoms with Crippen molar-refractivity contribution in [3.63, 3.8) is 0 Å². The maximum atomic E-state index is 14.2. The largest absolute Gasteiger partial charge is 0.493 e. The number of anilines is 1. The summed E-state index contributed by atoms with van der Waals surface area (Å²) < 4.78 is 24.7. The van der Waals surface area contributed by atoms with Crippen LogP contribution in [0.25, 0.3) is 0 Å². The number of halogens is 1. The summed E-state index contributed by atoms with van der Waals surface area (Å²) in [7, 11) is 3.14. The van der Waals surface area contributed by atoms with E-state index in [-0.39, 0.29) is 5.13 Å².